The van der Waals surface area contributed by atoms with Crippen LogP contribution in [0.15, 0.2) is 54.6 Å². The minimum Gasteiger partial charge on any atom is -0.508 e. The Morgan fingerprint density at radius 3 is 2.08 bits per heavy atom. The molecule has 2 aromatic rings. The molecule has 3 amide bonds. The predicted molar refractivity (Wildman–Crippen MR) is 148 cm³/mol. The van der Waals surface area contributed by atoms with Crippen LogP contribution < -0.4 is 10.6 Å². The molecule has 0 saturated heterocycles. The maximum atomic E-state index is 13.9. The van der Waals surface area contributed by atoms with E-state index in [0.29, 0.717) is 24.4 Å². The fraction of sp³-hybridized carbons (Fsp3) is 0.500. The van der Waals surface area contributed by atoms with Crippen molar-refractivity contribution in [2.24, 2.45) is 5.92 Å². The van der Waals surface area contributed by atoms with Gasteiger partial charge in [-0.3, -0.25) is 9.59 Å². The second-order valence-electron chi connectivity index (χ2n) is 11.1. The Hall–Kier alpha value is -3.55. The van der Waals surface area contributed by atoms with Crippen molar-refractivity contribution >= 4 is 17.9 Å². The largest absolute Gasteiger partial charge is 0.508 e. The van der Waals surface area contributed by atoms with Gasteiger partial charge in [0.2, 0.25) is 11.8 Å². The molecule has 2 rings (SSSR count). The predicted octanol–water partition coefficient (Wildman–Crippen LogP) is 5.32. The zero-order valence-corrected chi connectivity index (χ0v) is 23.7. The summed E-state index contributed by atoms with van der Waals surface area (Å²) in [6.45, 7) is 13.3. The highest BCUT2D eigenvalue weighted by molar-refractivity contribution is 5.92. The van der Waals surface area contributed by atoms with E-state index < -0.39 is 29.7 Å². The Labute approximate surface area is 226 Å². The lowest BCUT2D eigenvalue weighted by Crippen LogP contribution is -2.54. The van der Waals surface area contributed by atoms with Gasteiger partial charge in [0.15, 0.2) is 0 Å². The molecule has 0 spiro atoms. The van der Waals surface area contributed by atoms with E-state index in [1.165, 1.54) is 12.1 Å². The number of ether oxygens (including phenoxy) is 1. The summed E-state index contributed by atoms with van der Waals surface area (Å²) in [5.74, 6) is -0.289. The van der Waals surface area contributed by atoms with Crippen molar-refractivity contribution in [3.63, 3.8) is 0 Å². The van der Waals surface area contributed by atoms with Crippen LogP contribution in [0.3, 0.4) is 0 Å². The molecule has 0 aliphatic rings. The number of benzene rings is 2. The first kappa shape index (κ1) is 30.7. The maximum Gasteiger partial charge on any atom is 0.408 e. The van der Waals surface area contributed by atoms with Crippen molar-refractivity contribution < 1.29 is 24.2 Å². The molecular formula is C30H43N3O5. The fourth-order valence-corrected chi connectivity index (χ4v) is 4.06. The van der Waals surface area contributed by atoms with Gasteiger partial charge >= 0.3 is 6.09 Å². The van der Waals surface area contributed by atoms with Gasteiger partial charge in [0.05, 0.1) is 0 Å². The van der Waals surface area contributed by atoms with E-state index >= 15 is 0 Å². The fourth-order valence-electron chi connectivity index (χ4n) is 4.06. The van der Waals surface area contributed by atoms with Crippen LogP contribution in [0.5, 0.6) is 5.75 Å². The Morgan fingerprint density at radius 2 is 1.53 bits per heavy atom. The van der Waals surface area contributed by atoms with Crippen molar-refractivity contribution in [3.05, 3.63) is 65.7 Å². The lowest BCUT2D eigenvalue weighted by molar-refractivity contribution is -0.145. The number of aromatic hydroxyl groups is 1. The van der Waals surface area contributed by atoms with Crippen LogP contribution in [0.4, 0.5) is 4.79 Å². The molecule has 0 heterocycles. The summed E-state index contributed by atoms with van der Waals surface area (Å²) in [4.78, 5) is 41.7. The second-order valence-corrected chi connectivity index (χ2v) is 11.1. The summed E-state index contributed by atoms with van der Waals surface area (Å²) in [6, 6.07) is 13.6. The minimum atomic E-state index is -0.975. The van der Waals surface area contributed by atoms with Crippen LogP contribution in [0.2, 0.25) is 0 Å². The zero-order valence-electron chi connectivity index (χ0n) is 23.7. The van der Waals surface area contributed by atoms with Crippen molar-refractivity contribution in [1.29, 1.82) is 0 Å². The van der Waals surface area contributed by atoms with Gasteiger partial charge in [0, 0.05) is 12.6 Å². The van der Waals surface area contributed by atoms with E-state index in [1.807, 2.05) is 37.3 Å². The summed E-state index contributed by atoms with van der Waals surface area (Å²) in [5, 5.41) is 15.5. The molecular weight excluding hydrogens is 482 g/mol. The molecule has 0 aromatic heterocycles. The van der Waals surface area contributed by atoms with Gasteiger partial charge in [-0.15, -0.1) is 0 Å². The van der Waals surface area contributed by atoms with E-state index in [2.05, 4.69) is 24.5 Å². The van der Waals surface area contributed by atoms with Gasteiger partial charge in [-0.05, 0) is 76.6 Å². The van der Waals surface area contributed by atoms with Crippen LogP contribution in [0.25, 0.3) is 0 Å². The topological polar surface area (TPSA) is 108 Å². The zero-order chi connectivity index (χ0) is 28.5. The van der Waals surface area contributed by atoms with Gasteiger partial charge in [-0.25, -0.2) is 4.79 Å². The van der Waals surface area contributed by atoms with Gasteiger partial charge < -0.3 is 25.4 Å². The SMILES string of the molecule is CC(C)CCC(C)N(C(=O)C(C)NC(=O)OC(C)(C)C)C(C(=O)NCc1ccccc1)c1ccc(O)cc1. The highest BCUT2D eigenvalue weighted by Crippen LogP contribution is 2.28. The van der Waals surface area contributed by atoms with Crippen molar-refractivity contribution in [3.8, 4) is 5.75 Å². The monoisotopic (exact) mass is 525 g/mol. The summed E-state index contributed by atoms with van der Waals surface area (Å²) in [7, 11) is 0. The average Bonchev–Trinajstić information content (AvgIpc) is 2.84. The molecule has 208 valence electrons. The summed E-state index contributed by atoms with van der Waals surface area (Å²) >= 11 is 0. The Balaban J connectivity index is 2.43. The molecule has 0 aliphatic carbocycles. The van der Waals surface area contributed by atoms with Crippen LogP contribution in [0, 0.1) is 5.92 Å². The van der Waals surface area contributed by atoms with E-state index in [9.17, 15) is 19.5 Å². The molecule has 2 aromatic carbocycles. The highest BCUT2D eigenvalue weighted by atomic mass is 16.6. The summed E-state index contributed by atoms with van der Waals surface area (Å²) in [5.41, 5.74) is 0.766. The Bertz CT molecular complexity index is 1050. The Morgan fingerprint density at radius 1 is 0.921 bits per heavy atom. The van der Waals surface area contributed by atoms with Gasteiger partial charge in [0.25, 0.3) is 0 Å². The molecule has 0 aliphatic heterocycles. The number of carbonyl (C=O) groups excluding carboxylic acids is 3. The highest BCUT2D eigenvalue weighted by Gasteiger charge is 2.37. The third-order valence-electron chi connectivity index (χ3n) is 6.04. The number of amides is 3. The number of nitrogens with one attached hydrogen (secondary N) is 2. The number of hydrogen-bond acceptors (Lipinski definition) is 5. The lowest BCUT2D eigenvalue weighted by atomic mass is 9.97. The maximum absolute atomic E-state index is 13.9. The first-order valence-electron chi connectivity index (χ1n) is 13.2. The lowest BCUT2D eigenvalue weighted by Gasteiger charge is -2.38. The molecule has 8 nitrogen and oxygen atoms in total. The van der Waals surface area contributed by atoms with Gasteiger partial charge in [-0.2, -0.15) is 0 Å². The third-order valence-corrected chi connectivity index (χ3v) is 6.04. The van der Waals surface area contributed by atoms with Crippen LogP contribution in [-0.2, 0) is 20.9 Å². The standard InChI is InChI=1S/C30H43N3O5/c1-20(2)13-14-21(3)33(28(36)22(4)32-29(37)38-30(5,6)7)26(24-15-17-25(34)18-16-24)27(35)31-19-23-11-9-8-10-12-23/h8-12,15-18,20-22,26,34H,13-14,19H2,1-7H3,(H,31,35)(H,32,37). The second kappa shape index (κ2) is 13.8. The van der Waals surface area contributed by atoms with Crippen molar-refractivity contribution in [2.45, 2.75) is 91.6 Å². The first-order chi connectivity index (χ1) is 17.8. The molecule has 38 heavy (non-hydrogen) atoms. The number of nitrogens with zero attached hydrogens (tertiary/aromatic N) is 1. The minimum absolute atomic E-state index is 0.0582. The number of rotatable bonds is 11. The van der Waals surface area contributed by atoms with E-state index in [4.69, 9.17) is 4.74 Å². The summed E-state index contributed by atoms with van der Waals surface area (Å²) in [6.07, 6.45) is 0.818. The van der Waals surface area contributed by atoms with Gasteiger partial charge in [0.1, 0.15) is 23.4 Å². The van der Waals surface area contributed by atoms with Crippen molar-refractivity contribution in [2.75, 3.05) is 0 Å². The molecule has 8 heteroatoms. The molecule has 0 fully saturated rings. The van der Waals surface area contributed by atoms with Gasteiger partial charge in [-0.1, -0.05) is 56.3 Å². The molecule has 3 unspecified atom stereocenters. The number of phenolic OH excluding ortho intramolecular Hbond substituents is 1. The van der Waals surface area contributed by atoms with Crippen LogP contribution in [0.1, 0.15) is 78.5 Å². The Kier molecular flexibility index (Phi) is 11.2. The number of carbonyl (C=O) groups is 3. The number of phenols is 1. The van der Waals surface area contributed by atoms with Crippen LogP contribution >= 0.6 is 0 Å². The quantitative estimate of drug-likeness (QED) is 0.368. The van der Waals surface area contributed by atoms with E-state index in [0.717, 1.165) is 12.0 Å². The van der Waals surface area contributed by atoms with Crippen molar-refractivity contribution in [1.82, 2.24) is 15.5 Å². The smallest absolute Gasteiger partial charge is 0.408 e. The molecule has 0 radical (unpaired) electrons. The number of hydrogen-bond donors (Lipinski definition) is 3. The molecule has 3 atom stereocenters. The third kappa shape index (κ3) is 9.72. The molecule has 0 saturated carbocycles. The van der Waals surface area contributed by atoms with E-state index in [-0.39, 0.29) is 17.7 Å². The number of alkyl carbamates (subject to hydrolysis) is 1. The van der Waals surface area contributed by atoms with Crippen LogP contribution in [-0.4, -0.2) is 45.6 Å². The first-order valence-corrected chi connectivity index (χ1v) is 13.2. The van der Waals surface area contributed by atoms with E-state index in [1.54, 1.807) is 44.7 Å². The summed E-state index contributed by atoms with van der Waals surface area (Å²) < 4.78 is 5.34. The molecule has 0 bridgehead atoms. The normalized spacial score (nSPS) is 13.8. The average molecular weight is 526 g/mol. The molecule has 3 N–H and O–H groups in total.